The molecule has 6 heteroatoms. The van der Waals surface area contributed by atoms with Crippen LogP contribution in [0.3, 0.4) is 0 Å². The van der Waals surface area contributed by atoms with Gasteiger partial charge in [-0.05, 0) is 31.5 Å². The van der Waals surface area contributed by atoms with Crippen LogP contribution < -0.4 is 5.32 Å². The maximum Gasteiger partial charge on any atom is 0.333 e. The molecule has 1 N–H and O–H groups in total. The van der Waals surface area contributed by atoms with Crippen LogP contribution in [0.4, 0.5) is 5.69 Å². The molecule has 0 saturated carbocycles. The Hall–Kier alpha value is -3.54. The highest BCUT2D eigenvalue weighted by Gasteiger charge is 2.29. The second-order valence-corrected chi connectivity index (χ2v) is 6.38. The third kappa shape index (κ3) is 3.76. The van der Waals surface area contributed by atoms with Crippen molar-refractivity contribution in [3.8, 4) is 0 Å². The van der Waals surface area contributed by atoms with Crippen LogP contribution in [0.5, 0.6) is 0 Å². The van der Waals surface area contributed by atoms with Gasteiger partial charge in [0.1, 0.15) is 0 Å². The van der Waals surface area contributed by atoms with Gasteiger partial charge in [0.2, 0.25) is 0 Å². The fourth-order valence-corrected chi connectivity index (χ4v) is 3.01. The van der Waals surface area contributed by atoms with E-state index in [9.17, 15) is 19.2 Å². The van der Waals surface area contributed by atoms with E-state index in [2.05, 4.69) is 5.32 Å². The van der Waals surface area contributed by atoms with Gasteiger partial charge < -0.3 is 10.1 Å². The number of ketones is 2. The summed E-state index contributed by atoms with van der Waals surface area (Å²) in [4.78, 5) is 49.1. The number of esters is 1. The van der Waals surface area contributed by atoms with Gasteiger partial charge in [0.25, 0.3) is 5.91 Å². The van der Waals surface area contributed by atoms with E-state index >= 15 is 0 Å². The number of hydrogen-bond donors (Lipinski definition) is 1. The van der Waals surface area contributed by atoms with Crippen LogP contribution in [0, 0.1) is 0 Å². The number of benzene rings is 2. The van der Waals surface area contributed by atoms with Crippen molar-refractivity contribution in [2.75, 3.05) is 11.9 Å². The van der Waals surface area contributed by atoms with Crippen LogP contribution in [0.15, 0.2) is 54.1 Å². The summed E-state index contributed by atoms with van der Waals surface area (Å²) in [6, 6.07) is 11.2. The molecule has 0 atom stereocenters. The van der Waals surface area contributed by atoms with E-state index in [1.54, 1.807) is 43.3 Å². The van der Waals surface area contributed by atoms with E-state index < -0.39 is 18.5 Å². The Bertz CT molecular complexity index is 1020. The van der Waals surface area contributed by atoms with Crippen molar-refractivity contribution in [2.45, 2.75) is 20.3 Å². The Balaban J connectivity index is 1.73. The molecule has 0 bridgehead atoms. The number of hydrogen-bond acceptors (Lipinski definition) is 5. The molecule has 0 heterocycles. The standard InChI is InChI=1S/C22H19NO5/c1-3-6-13(2)22(27)28-12-19(24)23-14-9-10-17-18(11-14)21(26)16-8-5-4-7-15(16)20(17)25/h4-11H,3,12H2,1-2H3,(H,23,24)/b13-6-. The Morgan fingerprint density at radius 3 is 2.21 bits per heavy atom. The Morgan fingerprint density at radius 1 is 0.964 bits per heavy atom. The van der Waals surface area contributed by atoms with Crippen LogP contribution in [0.1, 0.15) is 52.1 Å². The van der Waals surface area contributed by atoms with Crippen molar-refractivity contribution in [3.05, 3.63) is 76.4 Å². The molecule has 0 aromatic heterocycles. The number of carbonyl (C=O) groups excluding carboxylic acids is 4. The first-order valence-electron chi connectivity index (χ1n) is 8.88. The zero-order chi connectivity index (χ0) is 20.3. The third-order valence-electron chi connectivity index (χ3n) is 4.38. The Labute approximate surface area is 162 Å². The van der Waals surface area contributed by atoms with Gasteiger partial charge in [-0.2, -0.15) is 0 Å². The highest BCUT2D eigenvalue weighted by molar-refractivity contribution is 6.28. The smallest absolute Gasteiger partial charge is 0.333 e. The number of allylic oxidation sites excluding steroid dienone is 1. The quantitative estimate of drug-likeness (QED) is 0.544. The van der Waals surface area contributed by atoms with E-state index in [0.717, 1.165) is 0 Å². The van der Waals surface area contributed by atoms with Crippen molar-refractivity contribution < 1.29 is 23.9 Å². The summed E-state index contributed by atoms with van der Waals surface area (Å²) in [7, 11) is 0. The summed E-state index contributed by atoms with van der Waals surface area (Å²) >= 11 is 0. The largest absolute Gasteiger partial charge is 0.452 e. The van der Waals surface area contributed by atoms with Gasteiger partial charge in [0, 0.05) is 33.5 Å². The molecule has 142 valence electrons. The molecule has 0 unspecified atom stereocenters. The first-order chi connectivity index (χ1) is 13.4. The summed E-state index contributed by atoms with van der Waals surface area (Å²) in [5, 5.41) is 2.58. The minimum atomic E-state index is -0.556. The molecule has 1 aliphatic rings. The monoisotopic (exact) mass is 377 g/mol. The fourth-order valence-electron chi connectivity index (χ4n) is 3.01. The molecule has 2 aromatic rings. The van der Waals surface area contributed by atoms with Crippen molar-refractivity contribution in [3.63, 3.8) is 0 Å². The summed E-state index contributed by atoms with van der Waals surface area (Å²) in [5.41, 5.74) is 2.04. The molecule has 0 saturated heterocycles. The molecule has 1 amide bonds. The second kappa shape index (κ2) is 8.00. The maximum absolute atomic E-state index is 12.7. The van der Waals surface area contributed by atoms with Gasteiger partial charge in [-0.1, -0.05) is 37.3 Å². The molecule has 0 spiro atoms. The van der Waals surface area contributed by atoms with Gasteiger partial charge >= 0.3 is 5.97 Å². The number of nitrogens with one attached hydrogen (secondary N) is 1. The lowest BCUT2D eigenvalue weighted by molar-refractivity contribution is -0.143. The molecule has 6 nitrogen and oxygen atoms in total. The molecular formula is C22H19NO5. The first kappa shape index (κ1) is 19.2. The van der Waals surface area contributed by atoms with E-state index in [1.165, 1.54) is 12.1 Å². The van der Waals surface area contributed by atoms with Crippen LogP contribution in [0.25, 0.3) is 0 Å². The molecule has 0 aliphatic heterocycles. The van der Waals surface area contributed by atoms with Gasteiger partial charge in [-0.15, -0.1) is 0 Å². The van der Waals surface area contributed by atoms with Crippen LogP contribution in [-0.2, 0) is 14.3 Å². The molecule has 0 radical (unpaired) electrons. The number of ether oxygens (including phenoxy) is 1. The van der Waals surface area contributed by atoms with Gasteiger partial charge in [0.05, 0.1) is 0 Å². The summed E-state index contributed by atoms with van der Waals surface area (Å²) in [5.74, 6) is -1.59. The second-order valence-electron chi connectivity index (χ2n) is 6.38. The molecule has 1 aliphatic carbocycles. The Morgan fingerprint density at radius 2 is 1.57 bits per heavy atom. The SMILES string of the molecule is CC/C=C(/C)C(=O)OCC(=O)Nc1ccc2c(c1)C(=O)c1ccccc1C2=O. The molecule has 3 rings (SSSR count). The summed E-state index contributed by atoms with van der Waals surface area (Å²) in [6.07, 6.45) is 2.41. The minimum Gasteiger partial charge on any atom is -0.452 e. The fraction of sp³-hybridized carbons (Fsp3) is 0.182. The summed E-state index contributed by atoms with van der Waals surface area (Å²) in [6.45, 7) is 3.07. The highest BCUT2D eigenvalue weighted by Crippen LogP contribution is 2.29. The molecular weight excluding hydrogens is 358 g/mol. The predicted octanol–water partition coefficient (Wildman–Crippen LogP) is 3.30. The van der Waals surface area contributed by atoms with Gasteiger partial charge in [-0.3, -0.25) is 14.4 Å². The van der Waals surface area contributed by atoms with Crippen molar-refractivity contribution in [1.82, 2.24) is 0 Å². The number of fused-ring (bicyclic) bond motifs is 2. The first-order valence-corrected chi connectivity index (χ1v) is 8.88. The lowest BCUT2D eigenvalue weighted by Crippen LogP contribution is -2.23. The average Bonchev–Trinajstić information content (AvgIpc) is 2.70. The Kier molecular flexibility index (Phi) is 5.49. The zero-order valence-corrected chi connectivity index (χ0v) is 15.6. The molecule has 28 heavy (non-hydrogen) atoms. The van der Waals surface area contributed by atoms with E-state index in [-0.39, 0.29) is 17.1 Å². The average molecular weight is 377 g/mol. The number of rotatable bonds is 5. The highest BCUT2D eigenvalue weighted by atomic mass is 16.5. The third-order valence-corrected chi connectivity index (χ3v) is 4.38. The van der Waals surface area contributed by atoms with E-state index in [1.807, 2.05) is 6.92 Å². The van der Waals surface area contributed by atoms with Gasteiger partial charge in [0.15, 0.2) is 18.2 Å². The number of amides is 1. The van der Waals surface area contributed by atoms with Crippen LogP contribution >= 0.6 is 0 Å². The van der Waals surface area contributed by atoms with Crippen molar-refractivity contribution in [1.29, 1.82) is 0 Å². The summed E-state index contributed by atoms with van der Waals surface area (Å²) < 4.78 is 4.95. The van der Waals surface area contributed by atoms with Crippen LogP contribution in [-0.4, -0.2) is 30.0 Å². The molecule has 0 fully saturated rings. The van der Waals surface area contributed by atoms with E-state index in [0.29, 0.717) is 34.4 Å². The predicted molar refractivity (Wildman–Crippen MR) is 103 cm³/mol. The number of carbonyl (C=O) groups is 4. The topological polar surface area (TPSA) is 89.5 Å². The van der Waals surface area contributed by atoms with Gasteiger partial charge in [-0.25, -0.2) is 4.79 Å². The lowest BCUT2D eigenvalue weighted by Gasteiger charge is -2.18. The van der Waals surface area contributed by atoms with Crippen molar-refractivity contribution in [2.24, 2.45) is 0 Å². The van der Waals surface area contributed by atoms with Crippen molar-refractivity contribution >= 4 is 29.1 Å². The minimum absolute atomic E-state index is 0.227. The normalized spacial score (nSPS) is 12.9. The number of anilines is 1. The van der Waals surface area contributed by atoms with E-state index in [4.69, 9.17) is 4.74 Å². The maximum atomic E-state index is 12.7. The lowest BCUT2D eigenvalue weighted by atomic mass is 9.84. The molecule has 2 aromatic carbocycles. The van der Waals surface area contributed by atoms with Crippen LogP contribution in [0.2, 0.25) is 0 Å². The zero-order valence-electron chi connectivity index (χ0n) is 15.6.